The van der Waals surface area contributed by atoms with Crippen LogP contribution in [0, 0.1) is 0 Å². The summed E-state index contributed by atoms with van der Waals surface area (Å²) in [7, 11) is -4.62. The van der Waals surface area contributed by atoms with Crippen LogP contribution in [-0.4, -0.2) is 58.8 Å². The minimum Gasteiger partial charge on any atom is -0.294 e. The van der Waals surface area contributed by atoms with Gasteiger partial charge >= 0.3 is 0 Å². The molecule has 1 aliphatic rings. The van der Waals surface area contributed by atoms with Crippen molar-refractivity contribution < 1.29 is 22.6 Å². The van der Waals surface area contributed by atoms with E-state index in [1.807, 2.05) is 0 Å². The summed E-state index contributed by atoms with van der Waals surface area (Å²) in [5.74, 6) is -1.20. The number of fused-ring (bicyclic) bond motifs is 1. The maximum absolute atomic E-state index is 12.0. The number of carbonyl (C=O) groups is 2. The van der Waals surface area contributed by atoms with Crippen molar-refractivity contribution in [3.63, 3.8) is 0 Å². The largest absolute Gasteiger partial charge is 0.294 e. The van der Waals surface area contributed by atoms with E-state index in [4.69, 9.17) is 4.55 Å². The third-order valence-electron chi connectivity index (χ3n) is 3.02. The van der Waals surface area contributed by atoms with E-state index in [9.17, 15) is 18.0 Å². The van der Waals surface area contributed by atoms with Gasteiger partial charge in [-0.15, -0.1) is 0 Å². The van der Waals surface area contributed by atoms with Gasteiger partial charge in [0.25, 0.3) is 10.1 Å². The first-order chi connectivity index (χ1) is 7.77. The number of benzene rings is 1. The third-order valence-corrected chi connectivity index (χ3v) is 4.49. The summed E-state index contributed by atoms with van der Waals surface area (Å²) in [4.78, 5) is 23.8. The summed E-state index contributed by atoms with van der Waals surface area (Å²) < 4.78 is 29.6. The molecule has 1 aliphatic carbocycles. The van der Waals surface area contributed by atoms with Gasteiger partial charge in [-0.3, -0.25) is 14.1 Å². The Morgan fingerprint density at radius 3 is 2.17 bits per heavy atom. The fraction of sp³-hybridized carbons (Fsp3) is 0.273. The first-order valence-electron chi connectivity index (χ1n) is 4.91. The number of Topliss-reactive ketones (excluding diaryl/α,β-unsaturated/α-hetero) is 2. The van der Waals surface area contributed by atoms with Gasteiger partial charge in [-0.05, 0) is 6.92 Å². The van der Waals surface area contributed by atoms with Gasteiger partial charge in [0.05, 0.1) is 0 Å². The molecule has 0 saturated heterocycles. The molecular weight excluding hydrogens is 267 g/mol. The molecule has 0 aliphatic heterocycles. The average Bonchev–Trinajstić information content (AvgIpc) is 2.25. The molecule has 5 nitrogen and oxygen atoms in total. The van der Waals surface area contributed by atoms with Gasteiger partial charge in [-0.2, -0.15) is 8.42 Å². The van der Waals surface area contributed by atoms with E-state index < -0.39 is 32.9 Å². The van der Waals surface area contributed by atoms with Gasteiger partial charge < -0.3 is 0 Å². The van der Waals surface area contributed by atoms with E-state index in [-0.39, 0.29) is 40.7 Å². The molecule has 0 saturated carbocycles. The van der Waals surface area contributed by atoms with Crippen LogP contribution in [-0.2, 0) is 10.1 Å². The third kappa shape index (κ3) is 2.19. The number of ketones is 2. The van der Waals surface area contributed by atoms with Gasteiger partial charge in [0.15, 0.2) is 16.3 Å². The summed E-state index contributed by atoms with van der Waals surface area (Å²) in [5.41, 5.74) is 0.252. The summed E-state index contributed by atoms with van der Waals surface area (Å²) in [5, 5.41) is 0. The van der Waals surface area contributed by atoms with Crippen LogP contribution in [0.1, 0.15) is 34.1 Å². The van der Waals surface area contributed by atoms with Crippen molar-refractivity contribution in [2.24, 2.45) is 0 Å². The Morgan fingerprint density at radius 1 is 1.17 bits per heavy atom. The van der Waals surface area contributed by atoms with E-state index in [0.29, 0.717) is 0 Å². The van der Waals surface area contributed by atoms with Gasteiger partial charge in [-0.1, -0.05) is 24.3 Å². The van der Waals surface area contributed by atoms with Crippen LogP contribution in [0.5, 0.6) is 0 Å². The van der Waals surface area contributed by atoms with E-state index in [1.54, 1.807) is 12.1 Å². The molecular formula is C11H10NaO5S. The standard InChI is InChI=1S/C11H10O5S.Na/c1-11(17(14,15)16)6-9(12)7-4-2-3-5-8(7)10(11)13;/h2-5H,6H2,1H3,(H,14,15,16);. The molecule has 0 spiro atoms. The summed E-state index contributed by atoms with van der Waals surface area (Å²) in [6.45, 7) is 1.07. The van der Waals surface area contributed by atoms with Crippen molar-refractivity contribution in [1.29, 1.82) is 0 Å². The molecule has 1 aromatic carbocycles. The molecule has 1 unspecified atom stereocenters. The number of hydrogen-bond acceptors (Lipinski definition) is 4. The predicted octanol–water partition coefficient (Wildman–Crippen LogP) is 0.721. The molecule has 7 heteroatoms. The number of rotatable bonds is 1. The second-order valence-corrected chi connectivity index (χ2v) is 6.03. The van der Waals surface area contributed by atoms with E-state index in [0.717, 1.165) is 6.92 Å². The molecule has 1 aromatic rings. The molecule has 0 bridgehead atoms. The molecule has 2 rings (SSSR count). The van der Waals surface area contributed by atoms with E-state index in [1.165, 1.54) is 12.1 Å². The normalized spacial score (nSPS) is 23.2. The molecule has 91 valence electrons. The Balaban J connectivity index is 0.00000162. The van der Waals surface area contributed by atoms with Crippen molar-refractivity contribution in [3.05, 3.63) is 35.4 Å². The van der Waals surface area contributed by atoms with Crippen molar-refractivity contribution in [3.8, 4) is 0 Å². The van der Waals surface area contributed by atoms with Crippen LogP contribution in [0.3, 0.4) is 0 Å². The molecule has 1 atom stereocenters. The fourth-order valence-corrected chi connectivity index (χ4v) is 2.56. The van der Waals surface area contributed by atoms with E-state index >= 15 is 0 Å². The zero-order valence-electron chi connectivity index (χ0n) is 10.0. The predicted molar refractivity (Wildman–Crippen MR) is 65.4 cm³/mol. The van der Waals surface area contributed by atoms with Crippen molar-refractivity contribution in [1.82, 2.24) is 0 Å². The van der Waals surface area contributed by atoms with Crippen LogP contribution >= 0.6 is 0 Å². The van der Waals surface area contributed by atoms with Crippen LogP contribution in [0.4, 0.5) is 0 Å². The summed E-state index contributed by atoms with van der Waals surface area (Å²) in [6.07, 6.45) is -0.526. The van der Waals surface area contributed by atoms with Crippen LogP contribution in [0.2, 0.25) is 0 Å². The SMILES string of the molecule is CC1(S(=O)(=O)O)CC(=O)c2ccccc2C1=O.[Na]. The molecule has 0 amide bonds. The fourth-order valence-electron chi connectivity index (χ4n) is 1.90. The van der Waals surface area contributed by atoms with Crippen LogP contribution in [0.15, 0.2) is 24.3 Å². The molecule has 18 heavy (non-hydrogen) atoms. The topological polar surface area (TPSA) is 88.5 Å². The van der Waals surface area contributed by atoms with Gasteiger partial charge in [0.2, 0.25) is 0 Å². The first kappa shape index (κ1) is 15.5. The second-order valence-electron chi connectivity index (χ2n) is 4.18. The maximum atomic E-state index is 12.0. The Labute approximate surface area is 127 Å². The smallest absolute Gasteiger partial charge is 0.278 e. The van der Waals surface area contributed by atoms with Crippen molar-refractivity contribution in [2.75, 3.05) is 0 Å². The van der Waals surface area contributed by atoms with Crippen molar-refractivity contribution >= 4 is 51.2 Å². The van der Waals surface area contributed by atoms with Gasteiger partial charge in [-0.25, -0.2) is 0 Å². The van der Waals surface area contributed by atoms with E-state index in [2.05, 4.69) is 0 Å². The summed E-state index contributed by atoms with van der Waals surface area (Å²) >= 11 is 0. The molecule has 1 N–H and O–H groups in total. The molecule has 0 fully saturated rings. The monoisotopic (exact) mass is 277 g/mol. The Hall–Kier alpha value is -0.530. The molecule has 0 heterocycles. The van der Waals surface area contributed by atoms with Gasteiger partial charge in [0, 0.05) is 47.1 Å². The Bertz CT molecular complexity index is 622. The summed E-state index contributed by atoms with van der Waals surface area (Å²) in [6, 6.07) is 6.00. The first-order valence-corrected chi connectivity index (χ1v) is 6.35. The number of hydrogen-bond donors (Lipinski definition) is 1. The zero-order chi connectivity index (χ0) is 12.8. The van der Waals surface area contributed by atoms with Crippen LogP contribution in [0.25, 0.3) is 0 Å². The minimum absolute atomic E-state index is 0. The zero-order valence-corrected chi connectivity index (χ0v) is 12.8. The minimum atomic E-state index is -4.62. The Kier molecular flexibility index (Phi) is 4.19. The van der Waals surface area contributed by atoms with Gasteiger partial charge in [0.1, 0.15) is 0 Å². The molecule has 1 radical (unpaired) electrons. The second kappa shape index (κ2) is 4.86. The molecule has 0 aromatic heterocycles. The number of carbonyl (C=O) groups excluding carboxylic acids is 2. The average molecular weight is 277 g/mol. The maximum Gasteiger partial charge on any atom is 0.278 e. The van der Waals surface area contributed by atoms with Crippen molar-refractivity contribution in [2.45, 2.75) is 18.1 Å². The Morgan fingerprint density at radius 2 is 1.67 bits per heavy atom. The van der Waals surface area contributed by atoms with Crippen LogP contribution < -0.4 is 0 Å². The quantitative estimate of drug-likeness (QED) is 0.603.